The van der Waals surface area contributed by atoms with E-state index < -0.39 is 0 Å². The van der Waals surface area contributed by atoms with E-state index in [1.807, 2.05) is 24.3 Å². The molecule has 21 heavy (non-hydrogen) atoms. The second kappa shape index (κ2) is 6.76. The summed E-state index contributed by atoms with van der Waals surface area (Å²) >= 11 is 0. The summed E-state index contributed by atoms with van der Waals surface area (Å²) in [6.45, 7) is 4.87. The molecule has 0 radical (unpaired) electrons. The van der Waals surface area contributed by atoms with Crippen molar-refractivity contribution >= 4 is 16.9 Å². The van der Waals surface area contributed by atoms with Crippen molar-refractivity contribution in [3.8, 4) is 0 Å². The van der Waals surface area contributed by atoms with Gasteiger partial charge in [-0.2, -0.15) is 0 Å². The SMILES string of the molecule is CCC(CC)(CCO)CNC(=O)c1cc2ccccc2o1. The molecule has 4 heteroatoms. The zero-order chi connectivity index (χ0) is 15.3. The van der Waals surface area contributed by atoms with Gasteiger partial charge in [-0.25, -0.2) is 0 Å². The maximum absolute atomic E-state index is 12.2. The second-order valence-electron chi connectivity index (χ2n) is 5.51. The van der Waals surface area contributed by atoms with Crippen LogP contribution < -0.4 is 5.32 Å². The third-order valence-corrected chi connectivity index (χ3v) is 4.42. The summed E-state index contributed by atoms with van der Waals surface area (Å²) in [5, 5.41) is 13.1. The van der Waals surface area contributed by atoms with Crippen LogP contribution in [0.1, 0.15) is 43.7 Å². The van der Waals surface area contributed by atoms with Crippen LogP contribution in [0.4, 0.5) is 0 Å². The van der Waals surface area contributed by atoms with Crippen molar-refractivity contribution in [2.75, 3.05) is 13.2 Å². The van der Waals surface area contributed by atoms with Gasteiger partial charge in [0, 0.05) is 18.5 Å². The standard InChI is InChI=1S/C17H23NO3/c1-3-17(4-2,9-10-19)12-18-16(20)15-11-13-7-5-6-8-14(13)21-15/h5-8,11,19H,3-4,9-10,12H2,1-2H3,(H,18,20). The van der Waals surface area contributed by atoms with Crippen molar-refractivity contribution in [3.63, 3.8) is 0 Å². The molecule has 0 saturated heterocycles. The highest BCUT2D eigenvalue weighted by Crippen LogP contribution is 2.29. The normalized spacial score (nSPS) is 11.8. The Morgan fingerprint density at radius 3 is 2.62 bits per heavy atom. The Kier molecular flexibility index (Phi) is 5.02. The summed E-state index contributed by atoms with van der Waals surface area (Å²) in [5.41, 5.74) is 0.673. The lowest BCUT2D eigenvalue weighted by Gasteiger charge is -2.31. The Balaban J connectivity index is 2.06. The molecule has 2 N–H and O–H groups in total. The molecule has 0 atom stereocenters. The predicted octanol–water partition coefficient (Wildman–Crippen LogP) is 3.35. The average molecular weight is 289 g/mol. The fraction of sp³-hybridized carbons (Fsp3) is 0.471. The van der Waals surface area contributed by atoms with E-state index >= 15 is 0 Å². The Morgan fingerprint density at radius 2 is 2.00 bits per heavy atom. The number of para-hydroxylation sites is 1. The predicted molar refractivity (Wildman–Crippen MR) is 83.3 cm³/mol. The third kappa shape index (κ3) is 3.45. The first-order valence-corrected chi connectivity index (χ1v) is 7.52. The van der Waals surface area contributed by atoms with Gasteiger partial charge in [-0.15, -0.1) is 0 Å². The van der Waals surface area contributed by atoms with Crippen LogP contribution in [0.25, 0.3) is 11.0 Å². The van der Waals surface area contributed by atoms with Gasteiger partial charge >= 0.3 is 0 Å². The van der Waals surface area contributed by atoms with Crippen LogP contribution in [0.15, 0.2) is 34.7 Å². The number of nitrogens with one attached hydrogen (secondary N) is 1. The summed E-state index contributed by atoms with van der Waals surface area (Å²) in [6.07, 6.45) is 2.54. The van der Waals surface area contributed by atoms with Gasteiger partial charge in [0.1, 0.15) is 5.58 Å². The molecule has 2 aromatic rings. The Labute approximate surface area is 125 Å². The first kappa shape index (κ1) is 15.6. The highest BCUT2D eigenvalue weighted by atomic mass is 16.3. The minimum absolute atomic E-state index is 0.0452. The number of aliphatic hydroxyl groups is 1. The van der Waals surface area contributed by atoms with E-state index in [2.05, 4.69) is 19.2 Å². The van der Waals surface area contributed by atoms with Crippen molar-refractivity contribution in [1.29, 1.82) is 0 Å². The molecule has 0 saturated carbocycles. The number of amides is 1. The zero-order valence-electron chi connectivity index (χ0n) is 12.7. The van der Waals surface area contributed by atoms with E-state index in [-0.39, 0.29) is 17.9 Å². The first-order valence-electron chi connectivity index (χ1n) is 7.52. The molecular weight excluding hydrogens is 266 g/mol. The first-order chi connectivity index (χ1) is 10.1. The van der Waals surface area contributed by atoms with E-state index in [1.165, 1.54) is 0 Å². The van der Waals surface area contributed by atoms with Crippen molar-refractivity contribution in [1.82, 2.24) is 5.32 Å². The van der Waals surface area contributed by atoms with Crippen LogP contribution in [0.2, 0.25) is 0 Å². The lowest BCUT2D eigenvalue weighted by atomic mass is 9.79. The summed E-state index contributed by atoms with van der Waals surface area (Å²) in [7, 11) is 0. The number of fused-ring (bicyclic) bond motifs is 1. The highest BCUT2D eigenvalue weighted by molar-refractivity contribution is 5.96. The molecule has 114 valence electrons. The van der Waals surface area contributed by atoms with Gasteiger partial charge in [0.15, 0.2) is 5.76 Å². The van der Waals surface area contributed by atoms with Crippen molar-refractivity contribution < 1.29 is 14.3 Å². The van der Waals surface area contributed by atoms with Gasteiger partial charge in [-0.1, -0.05) is 32.0 Å². The monoisotopic (exact) mass is 289 g/mol. The summed E-state index contributed by atoms with van der Waals surface area (Å²) in [6, 6.07) is 9.33. The molecule has 1 aromatic heterocycles. The Hall–Kier alpha value is -1.81. The lowest BCUT2D eigenvalue weighted by Crippen LogP contribution is -2.37. The van der Waals surface area contributed by atoms with Crippen LogP contribution in [0, 0.1) is 5.41 Å². The molecule has 0 aliphatic heterocycles. The van der Waals surface area contributed by atoms with E-state index in [0.29, 0.717) is 18.7 Å². The van der Waals surface area contributed by atoms with Gasteiger partial charge in [0.25, 0.3) is 5.91 Å². The number of rotatable bonds is 7. The summed E-state index contributed by atoms with van der Waals surface area (Å²) < 4.78 is 5.56. The number of benzene rings is 1. The molecule has 4 nitrogen and oxygen atoms in total. The molecule has 2 rings (SSSR count). The van der Waals surface area contributed by atoms with Crippen molar-refractivity contribution in [3.05, 3.63) is 36.1 Å². The number of furan rings is 1. The molecule has 0 aliphatic rings. The van der Waals surface area contributed by atoms with Gasteiger partial charge in [0.05, 0.1) is 0 Å². The number of carbonyl (C=O) groups is 1. The number of hydrogen-bond acceptors (Lipinski definition) is 3. The van der Waals surface area contributed by atoms with E-state index in [1.54, 1.807) is 6.07 Å². The number of aliphatic hydroxyl groups excluding tert-OH is 1. The van der Waals surface area contributed by atoms with Gasteiger partial charge in [0.2, 0.25) is 0 Å². The minimum Gasteiger partial charge on any atom is -0.451 e. The highest BCUT2D eigenvalue weighted by Gasteiger charge is 2.26. The number of carbonyl (C=O) groups excluding carboxylic acids is 1. The van der Waals surface area contributed by atoms with Crippen LogP contribution >= 0.6 is 0 Å². The van der Waals surface area contributed by atoms with Crippen LogP contribution in [-0.2, 0) is 0 Å². The smallest absolute Gasteiger partial charge is 0.287 e. The molecule has 1 heterocycles. The molecule has 0 unspecified atom stereocenters. The quantitative estimate of drug-likeness (QED) is 0.821. The summed E-state index contributed by atoms with van der Waals surface area (Å²) in [4.78, 5) is 12.2. The van der Waals surface area contributed by atoms with Gasteiger partial charge < -0.3 is 14.8 Å². The molecule has 0 bridgehead atoms. The third-order valence-electron chi connectivity index (χ3n) is 4.42. The molecule has 1 amide bonds. The Bertz CT molecular complexity index is 566. The lowest BCUT2D eigenvalue weighted by molar-refractivity contribution is 0.0882. The fourth-order valence-corrected chi connectivity index (χ4v) is 2.63. The van der Waals surface area contributed by atoms with E-state index in [9.17, 15) is 9.90 Å². The maximum Gasteiger partial charge on any atom is 0.287 e. The minimum atomic E-state index is -0.199. The average Bonchev–Trinajstić information content (AvgIpc) is 2.95. The Morgan fingerprint density at radius 1 is 1.29 bits per heavy atom. The van der Waals surface area contributed by atoms with Gasteiger partial charge in [-0.05, 0) is 36.8 Å². The van der Waals surface area contributed by atoms with Crippen molar-refractivity contribution in [2.45, 2.75) is 33.1 Å². The number of hydrogen-bond donors (Lipinski definition) is 2. The topological polar surface area (TPSA) is 62.5 Å². The molecule has 0 spiro atoms. The molecular formula is C17H23NO3. The van der Waals surface area contributed by atoms with Crippen molar-refractivity contribution in [2.24, 2.45) is 5.41 Å². The van der Waals surface area contributed by atoms with Crippen LogP contribution in [-0.4, -0.2) is 24.2 Å². The molecule has 1 aromatic carbocycles. The molecule has 0 aliphatic carbocycles. The second-order valence-corrected chi connectivity index (χ2v) is 5.51. The molecule has 0 fully saturated rings. The largest absolute Gasteiger partial charge is 0.451 e. The van der Waals surface area contributed by atoms with Gasteiger partial charge in [-0.3, -0.25) is 4.79 Å². The van der Waals surface area contributed by atoms with Crippen LogP contribution in [0.5, 0.6) is 0 Å². The van der Waals surface area contributed by atoms with Crippen LogP contribution in [0.3, 0.4) is 0 Å². The zero-order valence-corrected chi connectivity index (χ0v) is 12.7. The fourth-order valence-electron chi connectivity index (χ4n) is 2.63. The maximum atomic E-state index is 12.2. The summed E-state index contributed by atoms with van der Waals surface area (Å²) in [5.74, 6) is 0.136. The van der Waals surface area contributed by atoms with E-state index in [0.717, 1.165) is 23.8 Å². The van der Waals surface area contributed by atoms with E-state index in [4.69, 9.17) is 4.42 Å².